The molecule has 0 aliphatic rings. The van der Waals surface area contributed by atoms with E-state index >= 15 is 0 Å². The summed E-state index contributed by atoms with van der Waals surface area (Å²) >= 11 is 0. The molecule has 0 aliphatic carbocycles. The highest BCUT2D eigenvalue weighted by Gasteiger charge is 2.31. The van der Waals surface area contributed by atoms with Gasteiger partial charge in [-0.05, 0) is 35.9 Å². The van der Waals surface area contributed by atoms with E-state index in [1.807, 2.05) is 0 Å². The lowest BCUT2D eigenvalue weighted by Crippen LogP contribution is -2.17. The Labute approximate surface area is 142 Å². The molecule has 3 nitrogen and oxygen atoms in total. The van der Waals surface area contributed by atoms with E-state index < -0.39 is 29.0 Å². The molecule has 1 aromatic heterocycles. The summed E-state index contributed by atoms with van der Waals surface area (Å²) in [6.07, 6.45) is -8.01. The van der Waals surface area contributed by atoms with Gasteiger partial charge < -0.3 is 0 Å². The number of nitrogens with zero attached hydrogens (tertiary/aromatic N) is 1. The third-order valence-corrected chi connectivity index (χ3v) is 3.70. The lowest BCUT2D eigenvalue weighted by molar-refractivity contribution is -0.138. The molecule has 136 valence electrons. The van der Waals surface area contributed by atoms with E-state index in [0.29, 0.717) is 0 Å². The minimum atomic E-state index is -4.59. The Morgan fingerprint density at radius 1 is 0.808 bits per heavy atom. The zero-order valence-electron chi connectivity index (χ0n) is 12.8. The number of halogens is 6. The number of alkyl halides is 6. The normalized spacial score (nSPS) is 12.4. The van der Waals surface area contributed by atoms with Gasteiger partial charge in [0.25, 0.3) is 5.56 Å². The summed E-state index contributed by atoms with van der Waals surface area (Å²) in [6, 6.07) is 8.18. The van der Waals surface area contributed by atoms with Crippen molar-refractivity contribution in [1.29, 1.82) is 0 Å². The molecule has 0 spiro atoms. The molecule has 0 unspecified atom stereocenters. The Kier molecular flexibility index (Phi) is 4.17. The van der Waals surface area contributed by atoms with Crippen molar-refractivity contribution in [2.75, 3.05) is 0 Å². The highest BCUT2D eigenvalue weighted by atomic mass is 19.4. The van der Waals surface area contributed by atoms with Crippen molar-refractivity contribution >= 4 is 0 Å². The molecule has 3 rings (SSSR count). The fourth-order valence-corrected chi connectivity index (χ4v) is 2.45. The molecule has 9 heteroatoms. The molecule has 0 atom stereocenters. The summed E-state index contributed by atoms with van der Waals surface area (Å²) in [4.78, 5) is 12.5. The van der Waals surface area contributed by atoms with Gasteiger partial charge in [0.1, 0.15) is 0 Å². The number of hydrogen-bond donors (Lipinski definition) is 1. The van der Waals surface area contributed by atoms with Crippen LogP contribution in [0.25, 0.3) is 16.8 Å². The minimum absolute atomic E-state index is 0.00630. The largest absolute Gasteiger partial charge is 0.416 e. The molecule has 26 heavy (non-hydrogen) atoms. The third kappa shape index (κ3) is 3.37. The van der Waals surface area contributed by atoms with Gasteiger partial charge in [0.2, 0.25) is 0 Å². The second-order valence-electron chi connectivity index (χ2n) is 5.45. The molecule has 2 aromatic carbocycles. The predicted molar refractivity (Wildman–Crippen MR) is 81.8 cm³/mol. The summed E-state index contributed by atoms with van der Waals surface area (Å²) in [5.74, 6) is 0. The van der Waals surface area contributed by atoms with Crippen LogP contribution in [0.4, 0.5) is 26.3 Å². The summed E-state index contributed by atoms with van der Waals surface area (Å²) in [5.41, 5.74) is -2.80. The first-order valence-electron chi connectivity index (χ1n) is 7.23. The maximum atomic E-state index is 12.8. The Bertz CT molecular complexity index is 919. The average molecular weight is 372 g/mol. The van der Waals surface area contributed by atoms with Crippen LogP contribution in [0.1, 0.15) is 11.1 Å². The molecular weight excluding hydrogens is 362 g/mol. The molecule has 0 saturated heterocycles. The van der Waals surface area contributed by atoms with Gasteiger partial charge in [-0.25, -0.2) is 4.68 Å². The van der Waals surface area contributed by atoms with Crippen LogP contribution in [-0.2, 0) is 12.4 Å². The molecular formula is C17H10F6N2O. The van der Waals surface area contributed by atoms with E-state index in [1.165, 1.54) is 12.1 Å². The molecule has 0 fully saturated rings. The maximum Gasteiger partial charge on any atom is 0.416 e. The number of benzene rings is 2. The highest BCUT2D eigenvalue weighted by molar-refractivity contribution is 5.63. The van der Waals surface area contributed by atoms with Crippen molar-refractivity contribution in [3.8, 4) is 16.8 Å². The molecule has 1 N–H and O–H groups in total. The van der Waals surface area contributed by atoms with E-state index in [9.17, 15) is 31.1 Å². The van der Waals surface area contributed by atoms with Gasteiger partial charge in [-0.1, -0.05) is 18.2 Å². The smallest absolute Gasteiger partial charge is 0.298 e. The Morgan fingerprint density at radius 3 is 2.00 bits per heavy atom. The molecule has 0 radical (unpaired) electrons. The number of aromatic amines is 1. The van der Waals surface area contributed by atoms with Crippen LogP contribution in [0.5, 0.6) is 0 Å². The lowest BCUT2D eigenvalue weighted by atomic mass is 10.1. The van der Waals surface area contributed by atoms with Crippen molar-refractivity contribution in [3.63, 3.8) is 0 Å². The van der Waals surface area contributed by atoms with Crippen molar-refractivity contribution in [2.24, 2.45) is 0 Å². The van der Waals surface area contributed by atoms with Gasteiger partial charge >= 0.3 is 12.4 Å². The SMILES string of the molecule is O=c1c(-c2cccc(C(F)(F)F)c2)c[nH]n1-c1cccc(C(F)(F)F)c1. The van der Waals surface area contributed by atoms with Gasteiger partial charge in [-0.3, -0.25) is 9.89 Å². The van der Waals surface area contributed by atoms with Gasteiger partial charge in [0.15, 0.2) is 0 Å². The lowest BCUT2D eigenvalue weighted by Gasteiger charge is -2.09. The fourth-order valence-electron chi connectivity index (χ4n) is 2.45. The zero-order valence-corrected chi connectivity index (χ0v) is 12.8. The minimum Gasteiger partial charge on any atom is -0.298 e. The van der Waals surface area contributed by atoms with Crippen molar-refractivity contribution in [1.82, 2.24) is 9.78 Å². The molecule has 0 amide bonds. The second-order valence-corrected chi connectivity index (χ2v) is 5.45. The maximum absolute atomic E-state index is 12.8. The Morgan fingerprint density at radius 2 is 1.38 bits per heavy atom. The fraction of sp³-hybridized carbons (Fsp3) is 0.118. The first-order valence-corrected chi connectivity index (χ1v) is 7.23. The topological polar surface area (TPSA) is 37.8 Å². The first-order chi connectivity index (χ1) is 12.1. The van der Waals surface area contributed by atoms with Crippen LogP contribution in [0.3, 0.4) is 0 Å². The van der Waals surface area contributed by atoms with E-state index in [1.54, 1.807) is 0 Å². The molecule has 3 aromatic rings. The number of rotatable bonds is 2. The number of hydrogen-bond acceptors (Lipinski definition) is 1. The summed E-state index contributed by atoms with van der Waals surface area (Å²) in [7, 11) is 0. The quantitative estimate of drug-likeness (QED) is 0.641. The van der Waals surface area contributed by atoms with Crippen LogP contribution in [0.15, 0.2) is 59.5 Å². The van der Waals surface area contributed by atoms with E-state index in [2.05, 4.69) is 5.10 Å². The molecule has 0 saturated carbocycles. The summed E-state index contributed by atoms with van der Waals surface area (Å²) < 4.78 is 77.7. The number of nitrogens with one attached hydrogen (secondary N) is 1. The van der Waals surface area contributed by atoms with Gasteiger partial charge in [-0.15, -0.1) is 0 Å². The van der Waals surface area contributed by atoms with E-state index in [0.717, 1.165) is 47.3 Å². The second kappa shape index (κ2) is 6.08. The number of aromatic nitrogens is 2. The van der Waals surface area contributed by atoms with E-state index in [-0.39, 0.29) is 16.8 Å². The Hall–Kier alpha value is -2.97. The third-order valence-electron chi connectivity index (χ3n) is 3.70. The zero-order chi connectivity index (χ0) is 19.1. The van der Waals surface area contributed by atoms with Crippen LogP contribution >= 0.6 is 0 Å². The van der Waals surface area contributed by atoms with Gasteiger partial charge in [-0.2, -0.15) is 26.3 Å². The van der Waals surface area contributed by atoms with Gasteiger partial charge in [0, 0.05) is 6.20 Å². The van der Waals surface area contributed by atoms with Gasteiger partial charge in [0.05, 0.1) is 22.4 Å². The molecule has 1 heterocycles. The van der Waals surface area contributed by atoms with Crippen molar-refractivity contribution in [3.05, 3.63) is 76.2 Å². The molecule has 0 bridgehead atoms. The van der Waals surface area contributed by atoms with Crippen LogP contribution in [-0.4, -0.2) is 9.78 Å². The first kappa shape index (κ1) is 17.8. The molecule has 0 aliphatic heterocycles. The van der Waals surface area contributed by atoms with Crippen molar-refractivity contribution < 1.29 is 26.3 Å². The monoisotopic (exact) mass is 372 g/mol. The van der Waals surface area contributed by atoms with E-state index in [4.69, 9.17) is 0 Å². The van der Waals surface area contributed by atoms with Crippen molar-refractivity contribution in [2.45, 2.75) is 12.4 Å². The average Bonchev–Trinajstić information content (AvgIpc) is 2.95. The summed E-state index contributed by atoms with van der Waals surface area (Å²) in [6.45, 7) is 0. The highest BCUT2D eigenvalue weighted by Crippen LogP contribution is 2.32. The standard InChI is InChI=1S/C17H10F6N2O/c18-16(19,20)11-4-1-3-10(7-11)14-9-24-25(15(14)26)13-6-2-5-12(8-13)17(21,22)23/h1-9,24H. The Balaban J connectivity index is 2.06. The van der Waals surface area contributed by atoms with Crippen LogP contribution < -0.4 is 5.56 Å². The predicted octanol–water partition coefficient (Wildman–Crippen LogP) is 4.87. The van der Waals surface area contributed by atoms with Crippen LogP contribution in [0, 0.1) is 0 Å². The number of H-pyrrole nitrogens is 1. The van der Waals surface area contributed by atoms with Crippen LogP contribution in [0.2, 0.25) is 0 Å². The summed E-state index contributed by atoms with van der Waals surface area (Å²) in [5, 5.41) is 2.48.